The number of benzene rings is 2. The highest BCUT2D eigenvalue weighted by Gasteiger charge is 2.15. The van der Waals surface area contributed by atoms with Gasteiger partial charge in [-0.3, -0.25) is 4.79 Å². The molecule has 0 saturated heterocycles. The van der Waals surface area contributed by atoms with Crippen LogP contribution in [-0.4, -0.2) is 36.9 Å². The van der Waals surface area contributed by atoms with Gasteiger partial charge in [0.15, 0.2) is 18.1 Å². The van der Waals surface area contributed by atoms with E-state index in [0.29, 0.717) is 28.5 Å². The highest BCUT2D eigenvalue weighted by atomic mass is 16.6. The molecule has 0 aliphatic rings. The maximum Gasteiger partial charge on any atom is 0.308 e. The van der Waals surface area contributed by atoms with Crippen LogP contribution in [0.3, 0.4) is 0 Å². The number of nitrogens with zero attached hydrogens (tertiary/aromatic N) is 6. The van der Waals surface area contributed by atoms with Crippen LogP contribution in [0.25, 0.3) is 10.9 Å². The summed E-state index contributed by atoms with van der Waals surface area (Å²) in [6.45, 7) is 1.47. The molecule has 0 N–H and O–H groups in total. The number of fused-ring (bicyclic) bond motifs is 1. The van der Waals surface area contributed by atoms with Crippen LogP contribution in [0.15, 0.2) is 65.8 Å². The van der Waals surface area contributed by atoms with Crippen molar-refractivity contribution in [3.8, 4) is 5.75 Å². The van der Waals surface area contributed by atoms with Crippen molar-refractivity contribution in [1.29, 1.82) is 0 Å². The first kappa shape index (κ1) is 19.2. The Kier molecular flexibility index (Phi) is 5.42. The molecule has 0 spiro atoms. The molecule has 0 fully saturated rings. The van der Waals surface area contributed by atoms with E-state index in [0.717, 1.165) is 10.9 Å². The highest BCUT2D eigenvalue weighted by molar-refractivity contribution is 6.10. The maximum absolute atomic E-state index is 11.4. The zero-order chi connectivity index (χ0) is 20.9. The minimum atomic E-state index is -0.402. The van der Waals surface area contributed by atoms with Crippen LogP contribution >= 0.6 is 0 Å². The van der Waals surface area contributed by atoms with Gasteiger partial charge < -0.3 is 9.57 Å². The van der Waals surface area contributed by atoms with Crippen molar-refractivity contribution in [2.75, 3.05) is 0 Å². The second kappa shape index (κ2) is 8.48. The lowest BCUT2D eigenvalue weighted by atomic mass is 10.1. The van der Waals surface area contributed by atoms with E-state index in [9.17, 15) is 4.79 Å². The fraction of sp³-hybridized carbons (Fsp3) is 0.143. The van der Waals surface area contributed by atoms with E-state index in [-0.39, 0.29) is 6.61 Å². The molecule has 9 nitrogen and oxygen atoms in total. The molecule has 0 aliphatic heterocycles. The van der Waals surface area contributed by atoms with Crippen molar-refractivity contribution in [3.63, 3.8) is 0 Å². The molecule has 0 bridgehead atoms. The molecule has 2 aromatic carbocycles. The zero-order valence-electron chi connectivity index (χ0n) is 16.4. The van der Waals surface area contributed by atoms with Gasteiger partial charge in [-0.25, -0.2) is 9.67 Å². The largest absolute Gasteiger partial charge is 0.424 e. The van der Waals surface area contributed by atoms with Crippen LogP contribution in [0.5, 0.6) is 5.75 Å². The molecule has 9 heteroatoms. The summed E-state index contributed by atoms with van der Waals surface area (Å²) in [6.07, 6.45) is 0. The van der Waals surface area contributed by atoms with Gasteiger partial charge in [0.2, 0.25) is 5.82 Å². The van der Waals surface area contributed by atoms with Crippen molar-refractivity contribution in [1.82, 2.24) is 25.2 Å². The van der Waals surface area contributed by atoms with Crippen LogP contribution in [0.2, 0.25) is 0 Å². The van der Waals surface area contributed by atoms with E-state index in [4.69, 9.17) is 9.57 Å². The number of hydrogen-bond acceptors (Lipinski definition) is 8. The average Bonchev–Trinajstić information content (AvgIpc) is 3.17. The lowest BCUT2D eigenvalue weighted by molar-refractivity contribution is -0.131. The van der Waals surface area contributed by atoms with Crippen molar-refractivity contribution in [3.05, 3.63) is 77.7 Å². The molecular formula is C21H18N6O3. The minimum Gasteiger partial charge on any atom is -0.424 e. The summed E-state index contributed by atoms with van der Waals surface area (Å²) >= 11 is 0. The van der Waals surface area contributed by atoms with E-state index in [1.807, 2.05) is 54.6 Å². The number of aromatic nitrogens is 5. The third-order valence-corrected chi connectivity index (χ3v) is 4.24. The predicted octanol–water partition coefficient (Wildman–Crippen LogP) is 2.65. The van der Waals surface area contributed by atoms with Gasteiger partial charge in [0.1, 0.15) is 5.52 Å². The minimum absolute atomic E-state index is 0.117. The molecule has 30 heavy (non-hydrogen) atoms. The number of pyridine rings is 1. The summed E-state index contributed by atoms with van der Waals surface area (Å²) in [6, 6.07) is 18.6. The highest BCUT2D eigenvalue weighted by Crippen LogP contribution is 2.24. The predicted molar refractivity (Wildman–Crippen MR) is 109 cm³/mol. The Morgan fingerprint density at radius 1 is 1.07 bits per heavy atom. The number of carbonyl (C=O) groups is 1. The normalized spacial score (nSPS) is 11.5. The lowest BCUT2D eigenvalue weighted by Crippen LogP contribution is -2.12. The summed E-state index contributed by atoms with van der Waals surface area (Å²) in [5.74, 6) is 0.477. The molecule has 0 unspecified atom stereocenters. The summed E-state index contributed by atoms with van der Waals surface area (Å²) in [5.41, 5.74) is 2.54. The molecule has 2 aromatic heterocycles. The average molecular weight is 402 g/mol. The van der Waals surface area contributed by atoms with E-state index in [1.54, 1.807) is 13.1 Å². The molecule has 4 aromatic rings. The molecule has 0 saturated carbocycles. The Morgan fingerprint density at radius 3 is 2.63 bits per heavy atom. The molecule has 4 rings (SSSR count). The Morgan fingerprint density at radius 2 is 1.90 bits per heavy atom. The Balaban J connectivity index is 1.61. The monoisotopic (exact) mass is 402 g/mol. The van der Waals surface area contributed by atoms with Gasteiger partial charge in [-0.1, -0.05) is 53.7 Å². The first-order valence-corrected chi connectivity index (χ1v) is 9.17. The Hall–Kier alpha value is -4.14. The second-order valence-electron chi connectivity index (χ2n) is 6.43. The SMILES string of the molecule is CC(=O)Oc1cccc2ccc(CO/N=C(/c3ccccc3)c3nnnn3C)nc12. The van der Waals surface area contributed by atoms with Gasteiger partial charge >= 0.3 is 5.97 Å². The first-order chi connectivity index (χ1) is 14.6. The third-order valence-electron chi connectivity index (χ3n) is 4.24. The Labute approximate surface area is 171 Å². The number of tetrazole rings is 1. The first-order valence-electron chi connectivity index (χ1n) is 9.17. The van der Waals surface area contributed by atoms with Crippen LogP contribution in [0.4, 0.5) is 0 Å². The number of para-hydroxylation sites is 1. The molecule has 0 radical (unpaired) electrons. The van der Waals surface area contributed by atoms with Crippen LogP contribution in [-0.2, 0) is 23.3 Å². The molecule has 0 amide bonds. The van der Waals surface area contributed by atoms with Gasteiger partial charge in [0, 0.05) is 24.9 Å². The summed E-state index contributed by atoms with van der Waals surface area (Å²) in [4.78, 5) is 21.5. The number of esters is 1. The number of aryl methyl sites for hydroxylation is 1. The van der Waals surface area contributed by atoms with Gasteiger partial charge in [-0.2, -0.15) is 0 Å². The summed E-state index contributed by atoms with van der Waals surface area (Å²) in [7, 11) is 1.73. The van der Waals surface area contributed by atoms with Crippen molar-refractivity contribution >= 4 is 22.6 Å². The zero-order valence-corrected chi connectivity index (χ0v) is 16.4. The van der Waals surface area contributed by atoms with E-state index < -0.39 is 5.97 Å². The number of ether oxygens (including phenoxy) is 1. The van der Waals surface area contributed by atoms with Gasteiger partial charge in [0.25, 0.3) is 0 Å². The number of oxime groups is 1. The summed E-state index contributed by atoms with van der Waals surface area (Å²) in [5, 5.41) is 16.7. The number of rotatable bonds is 6. The second-order valence-corrected chi connectivity index (χ2v) is 6.43. The van der Waals surface area contributed by atoms with Crippen molar-refractivity contribution in [2.45, 2.75) is 13.5 Å². The third kappa shape index (κ3) is 4.14. The standard InChI is InChI=1S/C21H18N6O3/c1-14(28)30-18-10-6-9-16-11-12-17(22-19(16)18)13-29-24-20(15-7-4-3-5-8-15)21-23-25-26-27(21)2/h3-12H,13H2,1-2H3/b24-20-. The topological polar surface area (TPSA) is 104 Å². The molecule has 0 atom stereocenters. The number of hydrogen-bond donors (Lipinski definition) is 0. The van der Waals surface area contributed by atoms with Crippen LogP contribution in [0.1, 0.15) is 24.0 Å². The summed E-state index contributed by atoms with van der Waals surface area (Å²) < 4.78 is 6.77. The smallest absolute Gasteiger partial charge is 0.308 e. The fourth-order valence-electron chi connectivity index (χ4n) is 2.89. The maximum atomic E-state index is 11.4. The van der Waals surface area contributed by atoms with Crippen LogP contribution in [0, 0.1) is 0 Å². The number of carbonyl (C=O) groups excluding carboxylic acids is 1. The van der Waals surface area contributed by atoms with E-state index in [1.165, 1.54) is 11.6 Å². The van der Waals surface area contributed by atoms with Crippen molar-refractivity contribution < 1.29 is 14.4 Å². The van der Waals surface area contributed by atoms with Gasteiger partial charge in [-0.05, 0) is 22.6 Å². The lowest BCUT2D eigenvalue weighted by Gasteiger charge is -2.08. The van der Waals surface area contributed by atoms with E-state index in [2.05, 4.69) is 25.7 Å². The fourth-order valence-corrected chi connectivity index (χ4v) is 2.89. The van der Waals surface area contributed by atoms with Gasteiger partial charge in [0.05, 0.1) is 5.69 Å². The molecule has 2 heterocycles. The van der Waals surface area contributed by atoms with Gasteiger partial charge in [-0.15, -0.1) is 5.10 Å². The molecule has 0 aliphatic carbocycles. The molecular weight excluding hydrogens is 384 g/mol. The quantitative estimate of drug-likeness (QED) is 0.211. The Bertz CT molecular complexity index is 1220. The van der Waals surface area contributed by atoms with Crippen molar-refractivity contribution in [2.24, 2.45) is 12.2 Å². The van der Waals surface area contributed by atoms with Crippen LogP contribution < -0.4 is 4.74 Å². The molecule has 150 valence electrons. The van der Waals surface area contributed by atoms with E-state index >= 15 is 0 Å².